The van der Waals surface area contributed by atoms with Crippen molar-refractivity contribution >= 4 is 27.9 Å². The molecule has 0 radical (unpaired) electrons. The fourth-order valence-electron chi connectivity index (χ4n) is 5.59. The van der Waals surface area contributed by atoms with Gasteiger partial charge in [0, 0.05) is 42.6 Å². The van der Waals surface area contributed by atoms with Crippen molar-refractivity contribution < 1.29 is 27.5 Å². The van der Waals surface area contributed by atoms with E-state index in [9.17, 15) is 23.3 Å². The molecule has 0 N–H and O–H groups in total. The van der Waals surface area contributed by atoms with Crippen LogP contribution in [0.4, 0.5) is 0 Å². The van der Waals surface area contributed by atoms with Crippen LogP contribution in [0, 0.1) is 11.3 Å². The van der Waals surface area contributed by atoms with Crippen LogP contribution in [0.15, 0.2) is 82.4 Å². The van der Waals surface area contributed by atoms with Crippen molar-refractivity contribution in [3.05, 3.63) is 83.1 Å². The molecule has 44 heavy (non-hydrogen) atoms. The Kier molecular flexibility index (Phi) is 8.29. The Morgan fingerprint density at radius 1 is 1.02 bits per heavy atom. The second-order valence-corrected chi connectivity index (χ2v) is 12.7. The molecule has 226 valence electrons. The zero-order chi connectivity index (χ0) is 30.8. The number of para-hydroxylation sites is 1. The molecule has 0 bridgehead atoms. The van der Waals surface area contributed by atoms with Gasteiger partial charge in [0.15, 0.2) is 0 Å². The van der Waals surface area contributed by atoms with Gasteiger partial charge in [0.1, 0.15) is 11.6 Å². The quantitative estimate of drug-likeness (QED) is 0.293. The number of nitriles is 1. The monoisotopic (exact) mass is 613 g/mol. The van der Waals surface area contributed by atoms with E-state index in [1.54, 1.807) is 48.1 Å². The van der Waals surface area contributed by atoms with Crippen LogP contribution in [-0.2, 0) is 29.1 Å². The third kappa shape index (κ3) is 5.62. The van der Waals surface area contributed by atoms with Crippen LogP contribution in [0.5, 0.6) is 0 Å². The molecule has 3 aliphatic heterocycles. The van der Waals surface area contributed by atoms with Crippen molar-refractivity contribution in [2.24, 2.45) is 0 Å². The first-order valence-corrected chi connectivity index (χ1v) is 15.9. The number of benzene rings is 2. The van der Waals surface area contributed by atoms with Gasteiger partial charge in [0.2, 0.25) is 10.0 Å². The molecule has 3 aromatic rings. The molecular weight excluding hydrogens is 582 g/mol. The molecule has 1 unspecified atom stereocenters. The number of rotatable bonds is 7. The lowest BCUT2D eigenvalue weighted by atomic mass is 9.93. The van der Waals surface area contributed by atoms with Crippen molar-refractivity contribution in [2.45, 2.75) is 30.8 Å². The van der Waals surface area contributed by atoms with E-state index in [0.29, 0.717) is 49.7 Å². The molecule has 3 aliphatic rings. The van der Waals surface area contributed by atoms with Crippen LogP contribution < -0.4 is 0 Å². The number of hydrogen-bond acceptors (Lipinski definition) is 8. The van der Waals surface area contributed by atoms with E-state index in [0.717, 1.165) is 23.4 Å². The lowest BCUT2D eigenvalue weighted by Crippen LogP contribution is -2.46. The molecule has 6 rings (SSSR count). The van der Waals surface area contributed by atoms with E-state index < -0.39 is 21.8 Å². The van der Waals surface area contributed by atoms with Crippen LogP contribution in [0.1, 0.15) is 25.3 Å². The summed E-state index contributed by atoms with van der Waals surface area (Å²) in [6.45, 7) is 3.52. The first kappa shape index (κ1) is 29.7. The van der Waals surface area contributed by atoms with Crippen molar-refractivity contribution in [3.8, 4) is 23.0 Å². The Labute approximate surface area is 255 Å². The molecule has 2 amide bonds. The average Bonchev–Trinajstić information content (AvgIpc) is 3.73. The summed E-state index contributed by atoms with van der Waals surface area (Å²) in [5.74, 6) is -1.13. The molecule has 4 heterocycles. The molecule has 12 heteroatoms. The minimum Gasteiger partial charge on any atom is -0.379 e. The highest BCUT2D eigenvalue weighted by Gasteiger charge is 2.37. The van der Waals surface area contributed by atoms with E-state index in [2.05, 4.69) is 0 Å². The van der Waals surface area contributed by atoms with E-state index in [1.807, 2.05) is 36.4 Å². The Bertz CT molecular complexity index is 1790. The summed E-state index contributed by atoms with van der Waals surface area (Å²) in [7, 11) is -3.69. The smallest absolute Gasteiger partial charge is 0.271 e. The Balaban J connectivity index is 1.42. The topological polar surface area (TPSA) is 135 Å². The van der Waals surface area contributed by atoms with Gasteiger partial charge in [-0.3, -0.25) is 14.5 Å². The van der Waals surface area contributed by atoms with Gasteiger partial charge >= 0.3 is 0 Å². The molecule has 1 atom stereocenters. The van der Waals surface area contributed by atoms with Crippen molar-refractivity contribution in [2.75, 3.05) is 39.5 Å². The normalized spacial score (nSPS) is 20.9. The second-order valence-electron chi connectivity index (χ2n) is 10.8. The highest BCUT2D eigenvalue weighted by molar-refractivity contribution is 7.89. The minimum atomic E-state index is -3.69. The molecule has 11 nitrogen and oxygen atoms in total. The SMILES string of the molecule is CC1=C(C#N)C(=O)N(CC2CCCO2)C(=O)/C1=C/c1cn(-c2ccccc2)nc1-c1ccc(S(=O)(=O)N2CCOCC2)cc1. The van der Waals surface area contributed by atoms with E-state index in [4.69, 9.17) is 14.6 Å². The maximum absolute atomic E-state index is 13.8. The summed E-state index contributed by atoms with van der Waals surface area (Å²) in [5, 5.41) is 14.7. The molecule has 2 aromatic carbocycles. The maximum Gasteiger partial charge on any atom is 0.271 e. The molecule has 0 spiro atoms. The van der Waals surface area contributed by atoms with Gasteiger partial charge in [0.25, 0.3) is 11.8 Å². The van der Waals surface area contributed by atoms with Gasteiger partial charge in [-0.15, -0.1) is 0 Å². The number of amides is 2. The van der Waals surface area contributed by atoms with Gasteiger partial charge in [-0.1, -0.05) is 30.3 Å². The van der Waals surface area contributed by atoms with Gasteiger partial charge < -0.3 is 9.47 Å². The highest BCUT2D eigenvalue weighted by Crippen LogP contribution is 2.32. The lowest BCUT2D eigenvalue weighted by Gasteiger charge is -2.29. The van der Waals surface area contributed by atoms with Crippen LogP contribution in [-0.4, -0.2) is 84.8 Å². The summed E-state index contributed by atoms with van der Waals surface area (Å²) < 4.78 is 40.5. The Morgan fingerprint density at radius 2 is 1.75 bits per heavy atom. The number of nitrogens with zero attached hydrogens (tertiary/aromatic N) is 5. The Hall–Kier alpha value is -4.41. The fourth-order valence-corrected chi connectivity index (χ4v) is 7.00. The number of ether oxygens (including phenoxy) is 2. The average molecular weight is 614 g/mol. The minimum absolute atomic E-state index is 0.0721. The molecule has 0 aliphatic carbocycles. The first-order valence-electron chi connectivity index (χ1n) is 14.4. The van der Waals surface area contributed by atoms with Gasteiger partial charge in [-0.25, -0.2) is 13.1 Å². The zero-order valence-corrected chi connectivity index (χ0v) is 25.0. The van der Waals surface area contributed by atoms with Gasteiger partial charge in [-0.05, 0) is 55.7 Å². The van der Waals surface area contributed by atoms with Crippen molar-refractivity contribution in [1.29, 1.82) is 5.26 Å². The maximum atomic E-state index is 13.8. The van der Waals surface area contributed by atoms with Crippen molar-refractivity contribution in [3.63, 3.8) is 0 Å². The zero-order valence-electron chi connectivity index (χ0n) is 24.2. The lowest BCUT2D eigenvalue weighted by molar-refractivity contribution is -0.142. The third-order valence-electron chi connectivity index (χ3n) is 8.03. The molecule has 2 saturated heterocycles. The standard InChI is InChI=1S/C32H31N5O6S/c1-22-28(31(38)36(32(39)29(22)19-33)21-26-8-5-15-43-26)18-24-20-37(25-6-3-2-4-7-25)34-30(24)23-9-11-27(12-10-23)44(40,41)35-13-16-42-17-14-35/h2-4,6-7,9-12,18,20,26H,5,8,13-17,21H2,1H3/b28-18+. The fraction of sp³-hybridized carbons (Fsp3) is 0.312. The summed E-state index contributed by atoms with van der Waals surface area (Å²) in [6, 6.07) is 17.9. The summed E-state index contributed by atoms with van der Waals surface area (Å²) in [4.78, 5) is 28.2. The van der Waals surface area contributed by atoms with Gasteiger partial charge in [0.05, 0.1) is 42.1 Å². The van der Waals surface area contributed by atoms with Gasteiger partial charge in [-0.2, -0.15) is 14.7 Å². The van der Waals surface area contributed by atoms with E-state index in [-0.39, 0.29) is 34.3 Å². The molecule has 0 saturated carbocycles. The Morgan fingerprint density at radius 3 is 2.41 bits per heavy atom. The second kappa shape index (κ2) is 12.3. The number of hydrogen-bond donors (Lipinski definition) is 0. The number of morpholine rings is 1. The number of carbonyl (C=O) groups excluding carboxylic acids is 2. The number of carbonyl (C=O) groups is 2. The van der Waals surface area contributed by atoms with Crippen LogP contribution in [0.2, 0.25) is 0 Å². The predicted octanol–water partition coefficient (Wildman–Crippen LogP) is 3.33. The molecular formula is C32H31N5O6S. The van der Waals surface area contributed by atoms with Crippen LogP contribution >= 0.6 is 0 Å². The van der Waals surface area contributed by atoms with Crippen LogP contribution in [0.25, 0.3) is 23.0 Å². The third-order valence-corrected chi connectivity index (χ3v) is 9.95. The first-order chi connectivity index (χ1) is 21.3. The molecule has 2 fully saturated rings. The largest absolute Gasteiger partial charge is 0.379 e. The summed E-state index contributed by atoms with van der Waals surface area (Å²) >= 11 is 0. The summed E-state index contributed by atoms with van der Waals surface area (Å²) in [5.41, 5.74) is 2.87. The van der Waals surface area contributed by atoms with Crippen molar-refractivity contribution in [1.82, 2.24) is 19.0 Å². The molecule has 1 aromatic heterocycles. The highest BCUT2D eigenvalue weighted by atomic mass is 32.2. The summed E-state index contributed by atoms with van der Waals surface area (Å²) in [6.07, 6.45) is 4.71. The van der Waals surface area contributed by atoms with Crippen LogP contribution in [0.3, 0.4) is 0 Å². The predicted molar refractivity (Wildman–Crippen MR) is 161 cm³/mol. The number of imide groups is 1. The van der Waals surface area contributed by atoms with E-state index in [1.165, 1.54) is 4.31 Å². The number of sulfonamides is 1. The van der Waals surface area contributed by atoms with E-state index >= 15 is 0 Å². The number of aromatic nitrogens is 2.